The first-order chi connectivity index (χ1) is 13.0. The largest absolute Gasteiger partial charge is 0.497 e. The fourth-order valence-corrected chi connectivity index (χ4v) is 3.19. The first kappa shape index (κ1) is 17.1. The summed E-state index contributed by atoms with van der Waals surface area (Å²) in [5, 5.41) is 5.80. The maximum atomic E-state index is 12.2. The SMILES string of the molecule is COc1cccc(C2OC(c3c(C)nc4cc(C)ccn34)=NN2C(C)=O)c1. The van der Waals surface area contributed by atoms with Crippen molar-refractivity contribution >= 4 is 17.5 Å². The summed E-state index contributed by atoms with van der Waals surface area (Å²) in [6.45, 7) is 5.39. The minimum Gasteiger partial charge on any atom is -0.497 e. The Labute approximate surface area is 156 Å². The Morgan fingerprint density at radius 2 is 2.04 bits per heavy atom. The standard InChI is InChI=1S/C20H20N4O3/c1-12-8-9-23-17(10-12)21-13(2)18(23)19-22-24(14(3)25)20(27-19)15-6-5-7-16(11-15)26-4/h5-11,20H,1-4H3. The van der Waals surface area contributed by atoms with Gasteiger partial charge in [0.05, 0.1) is 12.8 Å². The second kappa shape index (κ2) is 6.42. The van der Waals surface area contributed by atoms with Crippen LogP contribution in [0.15, 0.2) is 47.7 Å². The topological polar surface area (TPSA) is 68.4 Å². The third-order valence-corrected chi connectivity index (χ3v) is 4.50. The van der Waals surface area contributed by atoms with Gasteiger partial charge < -0.3 is 9.47 Å². The van der Waals surface area contributed by atoms with Crippen molar-refractivity contribution in [2.24, 2.45) is 5.10 Å². The molecule has 1 aliphatic rings. The number of fused-ring (bicyclic) bond motifs is 1. The Bertz CT molecular complexity index is 1070. The number of imidazole rings is 1. The van der Waals surface area contributed by atoms with Crippen LogP contribution in [-0.4, -0.2) is 33.3 Å². The molecule has 138 valence electrons. The lowest BCUT2D eigenvalue weighted by Crippen LogP contribution is -2.25. The number of pyridine rings is 1. The maximum Gasteiger partial charge on any atom is 0.260 e. The van der Waals surface area contributed by atoms with Gasteiger partial charge in [-0.25, -0.2) is 4.98 Å². The highest BCUT2D eigenvalue weighted by Crippen LogP contribution is 2.32. The first-order valence-electron chi connectivity index (χ1n) is 8.62. The lowest BCUT2D eigenvalue weighted by Gasteiger charge is -2.19. The summed E-state index contributed by atoms with van der Waals surface area (Å²) in [4.78, 5) is 16.8. The number of hydrogen-bond donors (Lipinski definition) is 0. The van der Waals surface area contributed by atoms with Crippen molar-refractivity contribution in [1.82, 2.24) is 14.4 Å². The molecule has 0 fully saturated rings. The molecule has 3 aromatic rings. The molecule has 7 nitrogen and oxygen atoms in total. The Hall–Kier alpha value is -3.35. The normalized spacial score (nSPS) is 16.4. The van der Waals surface area contributed by atoms with E-state index in [1.165, 1.54) is 11.9 Å². The molecule has 7 heteroatoms. The second-order valence-electron chi connectivity index (χ2n) is 6.49. The van der Waals surface area contributed by atoms with Crippen LogP contribution in [0.4, 0.5) is 0 Å². The molecule has 1 atom stereocenters. The van der Waals surface area contributed by atoms with Crippen LogP contribution in [-0.2, 0) is 9.53 Å². The van der Waals surface area contributed by atoms with Crippen molar-refractivity contribution in [2.45, 2.75) is 27.0 Å². The van der Waals surface area contributed by atoms with Crippen LogP contribution in [0.25, 0.3) is 5.65 Å². The zero-order chi connectivity index (χ0) is 19.1. The number of carbonyl (C=O) groups is 1. The van der Waals surface area contributed by atoms with Gasteiger partial charge in [-0.3, -0.25) is 9.20 Å². The van der Waals surface area contributed by atoms with Crippen molar-refractivity contribution in [3.63, 3.8) is 0 Å². The Kier molecular flexibility index (Phi) is 4.07. The summed E-state index contributed by atoms with van der Waals surface area (Å²) in [6, 6.07) is 11.4. The highest BCUT2D eigenvalue weighted by Gasteiger charge is 2.35. The fourth-order valence-electron chi connectivity index (χ4n) is 3.19. The van der Waals surface area contributed by atoms with E-state index in [2.05, 4.69) is 10.1 Å². The highest BCUT2D eigenvalue weighted by molar-refractivity contribution is 5.96. The number of aromatic nitrogens is 2. The summed E-state index contributed by atoms with van der Waals surface area (Å²) < 4.78 is 13.3. The average molecular weight is 364 g/mol. The first-order valence-corrected chi connectivity index (χ1v) is 8.62. The van der Waals surface area contributed by atoms with Gasteiger partial charge >= 0.3 is 0 Å². The van der Waals surface area contributed by atoms with E-state index in [4.69, 9.17) is 9.47 Å². The minimum absolute atomic E-state index is 0.208. The van der Waals surface area contributed by atoms with Crippen LogP contribution in [0.3, 0.4) is 0 Å². The maximum absolute atomic E-state index is 12.2. The molecule has 1 amide bonds. The van der Waals surface area contributed by atoms with E-state index >= 15 is 0 Å². The Balaban J connectivity index is 1.78. The van der Waals surface area contributed by atoms with Gasteiger partial charge in [0.15, 0.2) is 0 Å². The fraction of sp³-hybridized carbons (Fsp3) is 0.250. The number of carbonyl (C=O) groups excluding carboxylic acids is 1. The third kappa shape index (κ3) is 2.91. The molecule has 27 heavy (non-hydrogen) atoms. The van der Waals surface area contributed by atoms with Crippen LogP contribution in [0.2, 0.25) is 0 Å². The van der Waals surface area contributed by atoms with E-state index in [-0.39, 0.29) is 5.91 Å². The number of ether oxygens (including phenoxy) is 2. The van der Waals surface area contributed by atoms with Crippen molar-refractivity contribution in [3.8, 4) is 5.75 Å². The molecule has 1 unspecified atom stereocenters. The molecule has 1 aliphatic heterocycles. The quantitative estimate of drug-likeness (QED) is 0.716. The number of methoxy groups -OCH3 is 1. The van der Waals surface area contributed by atoms with E-state index in [0.29, 0.717) is 11.6 Å². The van der Waals surface area contributed by atoms with Crippen LogP contribution < -0.4 is 4.74 Å². The second-order valence-corrected chi connectivity index (χ2v) is 6.49. The number of nitrogens with zero attached hydrogens (tertiary/aromatic N) is 4. The lowest BCUT2D eigenvalue weighted by atomic mass is 10.2. The van der Waals surface area contributed by atoms with Gasteiger partial charge in [0.1, 0.15) is 17.1 Å². The molecule has 0 saturated heterocycles. The van der Waals surface area contributed by atoms with E-state index < -0.39 is 6.23 Å². The molecule has 0 saturated carbocycles. The molecular formula is C20H20N4O3. The van der Waals surface area contributed by atoms with Gasteiger partial charge in [-0.2, -0.15) is 5.01 Å². The number of aryl methyl sites for hydroxylation is 2. The molecule has 4 rings (SSSR count). The van der Waals surface area contributed by atoms with Gasteiger partial charge in [-0.05, 0) is 43.7 Å². The third-order valence-electron chi connectivity index (χ3n) is 4.50. The molecule has 2 aromatic heterocycles. The number of benzene rings is 1. The van der Waals surface area contributed by atoms with Crippen molar-refractivity contribution in [1.29, 1.82) is 0 Å². The van der Waals surface area contributed by atoms with E-state index in [9.17, 15) is 4.79 Å². The smallest absolute Gasteiger partial charge is 0.260 e. The van der Waals surface area contributed by atoms with Crippen molar-refractivity contribution in [2.75, 3.05) is 7.11 Å². The average Bonchev–Trinajstić information content (AvgIpc) is 3.21. The highest BCUT2D eigenvalue weighted by atomic mass is 16.5. The van der Waals surface area contributed by atoms with Crippen LogP contribution >= 0.6 is 0 Å². The Morgan fingerprint density at radius 1 is 1.22 bits per heavy atom. The van der Waals surface area contributed by atoms with Crippen molar-refractivity contribution < 1.29 is 14.3 Å². The monoisotopic (exact) mass is 364 g/mol. The predicted octanol–water partition coefficient (Wildman–Crippen LogP) is 3.20. The molecule has 0 spiro atoms. The summed E-state index contributed by atoms with van der Waals surface area (Å²) in [6.07, 6.45) is 1.28. The number of rotatable bonds is 3. The van der Waals surface area contributed by atoms with E-state index in [1.807, 2.05) is 60.8 Å². The summed E-state index contributed by atoms with van der Waals surface area (Å²) in [5.74, 6) is 0.849. The molecule has 0 bridgehead atoms. The summed E-state index contributed by atoms with van der Waals surface area (Å²) >= 11 is 0. The van der Waals surface area contributed by atoms with Gasteiger partial charge in [-0.15, -0.1) is 5.10 Å². The Morgan fingerprint density at radius 3 is 2.78 bits per heavy atom. The van der Waals surface area contributed by atoms with Crippen molar-refractivity contribution in [3.05, 3.63) is 65.1 Å². The molecule has 1 aromatic carbocycles. The van der Waals surface area contributed by atoms with E-state index in [1.54, 1.807) is 7.11 Å². The van der Waals surface area contributed by atoms with Crippen LogP contribution in [0.1, 0.15) is 35.7 Å². The van der Waals surface area contributed by atoms with Crippen LogP contribution in [0.5, 0.6) is 5.75 Å². The number of amides is 1. The predicted molar refractivity (Wildman–Crippen MR) is 101 cm³/mol. The molecule has 0 N–H and O–H groups in total. The van der Waals surface area contributed by atoms with Gasteiger partial charge in [0.25, 0.3) is 5.90 Å². The summed E-state index contributed by atoms with van der Waals surface area (Å²) in [5.41, 5.74) is 4.24. The van der Waals surface area contributed by atoms with E-state index in [0.717, 1.165) is 28.2 Å². The summed E-state index contributed by atoms with van der Waals surface area (Å²) in [7, 11) is 1.60. The lowest BCUT2D eigenvalue weighted by molar-refractivity contribution is -0.135. The zero-order valence-corrected chi connectivity index (χ0v) is 15.6. The number of hydrogen-bond acceptors (Lipinski definition) is 5. The zero-order valence-electron chi connectivity index (χ0n) is 15.6. The van der Waals surface area contributed by atoms with Gasteiger partial charge in [0, 0.05) is 18.7 Å². The number of hydrazone groups is 1. The minimum atomic E-state index is -0.650. The molecule has 3 heterocycles. The molecule has 0 aliphatic carbocycles. The molecule has 0 radical (unpaired) electrons. The van der Waals surface area contributed by atoms with Gasteiger partial charge in [0.2, 0.25) is 12.1 Å². The molecular weight excluding hydrogens is 344 g/mol. The van der Waals surface area contributed by atoms with Gasteiger partial charge in [-0.1, -0.05) is 12.1 Å². The van der Waals surface area contributed by atoms with Crippen LogP contribution in [0, 0.1) is 13.8 Å².